The second-order valence-electron chi connectivity index (χ2n) is 2.12. The summed E-state index contributed by atoms with van der Waals surface area (Å²) >= 11 is 0. The van der Waals surface area contributed by atoms with E-state index in [0.29, 0.717) is 0 Å². The van der Waals surface area contributed by atoms with Gasteiger partial charge in [-0.1, -0.05) is 15.2 Å². The summed E-state index contributed by atoms with van der Waals surface area (Å²) in [5, 5.41) is 15.7. The monoisotopic (exact) mass is 435 g/mol. The molecule has 15 heavy (non-hydrogen) atoms. The van der Waals surface area contributed by atoms with E-state index >= 15 is 0 Å². The zero-order chi connectivity index (χ0) is 11.8. The molecule has 8 nitrogen and oxygen atoms in total. The van der Waals surface area contributed by atoms with E-state index in [0.717, 1.165) is 0 Å². The number of aliphatic hydroxyl groups excluding tert-OH is 2. The van der Waals surface area contributed by atoms with E-state index in [1.165, 1.54) is 0 Å². The Morgan fingerprint density at radius 3 is 1.00 bits per heavy atom. The summed E-state index contributed by atoms with van der Waals surface area (Å²) in [5.74, 6) is 0. The van der Waals surface area contributed by atoms with E-state index in [1.807, 2.05) is 0 Å². The summed E-state index contributed by atoms with van der Waals surface area (Å²) in [6.07, 6.45) is -1.32. The van der Waals surface area contributed by atoms with Gasteiger partial charge in [-0.05, 0) is 12.3 Å². The van der Waals surface area contributed by atoms with Gasteiger partial charge in [0.2, 0.25) is 0 Å². The van der Waals surface area contributed by atoms with Crippen molar-refractivity contribution in [1.82, 2.24) is 0 Å². The van der Waals surface area contributed by atoms with Gasteiger partial charge in [0, 0.05) is 13.2 Å². The van der Waals surface area contributed by atoms with E-state index in [4.69, 9.17) is 10.2 Å². The summed E-state index contributed by atoms with van der Waals surface area (Å²) in [5.41, 5.74) is 0. The largest absolute Gasteiger partial charge is 4.00 e. The number of hydrogen-bond donors (Lipinski definition) is 2. The van der Waals surface area contributed by atoms with Crippen LogP contribution in [0.25, 0.3) is 0 Å². The third-order valence-electron chi connectivity index (χ3n) is 0.748. The molecule has 0 fully saturated rings. The van der Waals surface area contributed by atoms with Gasteiger partial charge in [-0.15, -0.1) is 0 Å². The smallest absolute Gasteiger partial charge is 0.811 e. The first kappa shape index (κ1) is 21.2. The third-order valence-corrected chi connectivity index (χ3v) is 2.24. The van der Waals surface area contributed by atoms with Crippen LogP contribution in [0.5, 0.6) is 0 Å². The van der Waals surface area contributed by atoms with Crippen molar-refractivity contribution >= 4 is 15.2 Å². The molecule has 0 atom stereocenters. The molecule has 0 bridgehead atoms. The van der Waals surface area contributed by atoms with Crippen molar-refractivity contribution in [3.05, 3.63) is 0 Å². The van der Waals surface area contributed by atoms with Crippen LogP contribution in [0.15, 0.2) is 0 Å². The molecule has 0 saturated heterocycles. The standard InChI is InChI=1S/2C2H7O4P.Re/c2*3-1-2-7(4,5)6;/h2*3H,1-2H2,(H2,4,5,6);/q;;+4/p-4. The van der Waals surface area contributed by atoms with E-state index in [1.54, 1.807) is 0 Å². The minimum atomic E-state index is -4.42. The van der Waals surface area contributed by atoms with Crippen molar-refractivity contribution in [2.45, 2.75) is 0 Å². The van der Waals surface area contributed by atoms with Gasteiger partial charge in [-0.3, -0.25) is 0 Å². The Morgan fingerprint density at radius 2 is 1.00 bits per heavy atom. The molecule has 0 heterocycles. The Hall–Kier alpha value is 0.882. The molecule has 0 amide bonds. The maximum atomic E-state index is 9.54. The fraction of sp³-hybridized carbons (Fsp3) is 1.00. The quantitative estimate of drug-likeness (QED) is 0.420. The maximum Gasteiger partial charge on any atom is 4.00 e. The third kappa shape index (κ3) is 31.3. The van der Waals surface area contributed by atoms with Gasteiger partial charge in [-0.25, -0.2) is 0 Å². The Balaban J connectivity index is -0.000000180. The van der Waals surface area contributed by atoms with Gasteiger partial charge in [0.05, 0.1) is 0 Å². The van der Waals surface area contributed by atoms with Crippen molar-refractivity contribution in [3.63, 3.8) is 0 Å². The van der Waals surface area contributed by atoms with Gasteiger partial charge in [0.15, 0.2) is 0 Å². The van der Waals surface area contributed by atoms with Crippen LogP contribution in [0, 0.1) is 0 Å². The SMILES string of the molecule is O=P([O-])([O-])CCO.O=P([O-])([O-])CCO.[Re+4]. The minimum absolute atomic E-state index is 0. The first-order valence-electron chi connectivity index (χ1n) is 3.36. The number of rotatable bonds is 4. The van der Waals surface area contributed by atoms with Crippen molar-refractivity contribution in [3.8, 4) is 0 Å². The minimum Gasteiger partial charge on any atom is -0.811 e. The molecule has 0 saturated carbocycles. The van der Waals surface area contributed by atoms with Crippen molar-refractivity contribution in [1.29, 1.82) is 0 Å². The second-order valence-corrected chi connectivity index (χ2v) is 5.45. The molecule has 0 aromatic carbocycles. The molecule has 0 aliphatic heterocycles. The molecule has 0 unspecified atom stereocenters. The predicted octanol–water partition coefficient (Wildman–Crippen LogP) is -4.22. The summed E-state index contributed by atoms with van der Waals surface area (Å²) in [6, 6.07) is 0. The van der Waals surface area contributed by atoms with Crippen LogP contribution >= 0.6 is 15.2 Å². The molecular weight excluding hydrogens is 424 g/mol. The number of aliphatic hydroxyl groups is 2. The van der Waals surface area contributed by atoms with Crippen LogP contribution in [0.2, 0.25) is 0 Å². The van der Waals surface area contributed by atoms with Crippen LogP contribution in [-0.2, 0) is 29.6 Å². The van der Waals surface area contributed by atoms with Crippen molar-refractivity contribution in [2.24, 2.45) is 0 Å². The topological polar surface area (TPSA) is 167 Å². The Morgan fingerprint density at radius 1 is 0.800 bits per heavy atom. The van der Waals surface area contributed by atoms with Crippen LogP contribution in [0.3, 0.4) is 0 Å². The van der Waals surface area contributed by atoms with Crippen LogP contribution in [0.4, 0.5) is 0 Å². The van der Waals surface area contributed by atoms with Crippen LogP contribution < -0.4 is 19.6 Å². The molecule has 0 aliphatic carbocycles. The van der Waals surface area contributed by atoms with Gasteiger partial charge >= 0.3 is 20.4 Å². The Bertz CT molecular complexity index is 197. The van der Waals surface area contributed by atoms with E-state index in [2.05, 4.69) is 0 Å². The normalized spacial score (nSPS) is 11.1. The molecule has 11 heteroatoms. The fourth-order valence-electron chi connectivity index (χ4n) is 0.245. The molecule has 0 aromatic rings. The average molecular weight is 434 g/mol. The molecule has 0 rings (SSSR count). The van der Waals surface area contributed by atoms with Gasteiger partial charge < -0.3 is 38.9 Å². The van der Waals surface area contributed by atoms with E-state index in [9.17, 15) is 28.7 Å². The molecule has 0 spiro atoms. The zero-order valence-corrected chi connectivity index (χ0v) is 11.9. The Labute approximate surface area is 100 Å². The first-order valence-corrected chi connectivity index (χ1v) is 6.82. The zero-order valence-electron chi connectivity index (χ0n) is 7.44. The second kappa shape index (κ2) is 10.1. The molecule has 0 aliphatic rings. The molecule has 0 aromatic heterocycles. The number of hydrogen-bond acceptors (Lipinski definition) is 8. The van der Waals surface area contributed by atoms with Crippen molar-refractivity contribution < 1.29 is 59.3 Å². The summed E-state index contributed by atoms with van der Waals surface area (Å²) in [4.78, 5) is 38.2. The molecule has 1 radical (unpaired) electrons. The summed E-state index contributed by atoms with van der Waals surface area (Å²) < 4.78 is 19.1. The fourth-order valence-corrected chi connectivity index (χ4v) is 0.735. The van der Waals surface area contributed by atoms with Gasteiger partial charge in [-0.2, -0.15) is 0 Å². The van der Waals surface area contributed by atoms with Crippen molar-refractivity contribution in [2.75, 3.05) is 25.5 Å². The summed E-state index contributed by atoms with van der Waals surface area (Å²) in [7, 11) is -8.83. The Kier molecular flexibility index (Phi) is 14.2. The average Bonchev–Trinajstić information content (AvgIpc) is 1.81. The first-order chi connectivity index (χ1) is 6.12. The molecule has 91 valence electrons. The van der Waals surface area contributed by atoms with Gasteiger partial charge in [0.1, 0.15) is 0 Å². The predicted molar refractivity (Wildman–Crippen MR) is 39.1 cm³/mol. The van der Waals surface area contributed by atoms with Gasteiger partial charge in [0.25, 0.3) is 0 Å². The molecule has 2 N–H and O–H groups in total. The van der Waals surface area contributed by atoms with E-state index in [-0.39, 0.29) is 20.4 Å². The van der Waals surface area contributed by atoms with E-state index < -0.39 is 40.7 Å². The maximum absolute atomic E-state index is 9.54. The molecular formula is C4H10O8P2Re. The summed E-state index contributed by atoms with van der Waals surface area (Å²) in [6.45, 7) is -1.16. The van der Waals surface area contributed by atoms with Crippen LogP contribution in [-0.4, -0.2) is 35.8 Å². The van der Waals surface area contributed by atoms with Crippen LogP contribution in [0.1, 0.15) is 0 Å².